The lowest BCUT2D eigenvalue weighted by atomic mass is 10.1. The molecule has 0 atom stereocenters. The quantitative estimate of drug-likeness (QED) is 0.439. The van der Waals surface area contributed by atoms with E-state index in [-0.39, 0.29) is 33.7 Å². The van der Waals surface area contributed by atoms with Crippen molar-refractivity contribution in [1.29, 1.82) is 0 Å². The molecule has 180 valence electrons. The molecule has 0 unspecified atom stereocenters. The summed E-state index contributed by atoms with van der Waals surface area (Å²) < 4.78 is 40.9. The minimum Gasteiger partial charge on any atom is -0.350 e. The number of carbonyl (C=O) groups excluding carboxylic acids is 1. The molecule has 1 heterocycles. The molecule has 0 saturated heterocycles. The number of hydrogen-bond donors (Lipinski definition) is 1. The summed E-state index contributed by atoms with van der Waals surface area (Å²) in [5, 5.41) is 2.93. The molecule has 35 heavy (non-hydrogen) atoms. The minimum absolute atomic E-state index is 0.168. The molecule has 1 N–H and O–H groups in total. The van der Waals surface area contributed by atoms with Gasteiger partial charge in [-0.25, -0.2) is 9.36 Å². The molecule has 0 aliphatic rings. The Morgan fingerprint density at radius 3 is 2.46 bits per heavy atom. The molecule has 0 bridgehead atoms. The zero-order valence-corrected chi connectivity index (χ0v) is 19.2. The maximum Gasteiger partial charge on any atom is 0.416 e. The van der Waals surface area contributed by atoms with E-state index in [1.54, 1.807) is 37.3 Å². The zero-order valence-electron chi connectivity index (χ0n) is 18.4. The summed E-state index contributed by atoms with van der Waals surface area (Å²) in [5.41, 5.74) is -0.722. The Kier molecular flexibility index (Phi) is 6.53. The number of rotatable bonds is 5. The van der Waals surface area contributed by atoms with Crippen LogP contribution in [0.25, 0.3) is 16.6 Å². The Bertz CT molecular complexity index is 1560. The van der Waals surface area contributed by atoms with Gasteiger partial charge in [-0.1, -0.05) is 47.5 Å². The molecule has 0 saturated carbocycles. The van der Waals surface area contributed by atoms with Crippen molar-refractivity contribution < 1.29 is 18.0 Å². The van der Waals surface area contributed by atoms with Crippen molar-refractivity contribution in [2.75, 3.05) is 0 Å². The van der Waals surface area contributed by atoms with Crippen molar-refractivity contribution in [3.05, 3.63) is 109 Å². The number of amides is 1. The molecular formula is C25H19ClF3N3O3. The third-order valence-corrected chi connectivity index (χ3v) is 5.76. The number of nitrogens with one attached hydrogen (secondary N) is 1. The average Bonchev–Trinajstić information content (AvgIpc) is 2.81. The number of carbonyl (C=O) groups is 1. The van der Waals surface area contributed by atoms with Gasteiger partial charge in [-0.15, -0.1) is 0 Å². The second kappa shape index (κ2) is 9.42. The highest BCUT2D eigenvalue weighted by molar-refractivity contribution is 6.32. The summed E-state index contributed by atoms with van der Waals surface area (Å²) >= 11 is 6.24. The van der Waals surface area contributed by atoms with Crippen LogP contribution in [0.5, 0.6) is 0 Å². The van der Waals surface area contributed by atoms with Gasteiger partial charge in [-0.3, -0.25) is 14.2 Å². The Hall–Kier alpha value is -3.85. The van der Waals surface area contributed by atoms with E-state index in [1.807, 2.05) is 0 Å². The van der Waals surface area contributed by atoms with Gasteiger partial charge in [-0.05, 0) is 48.9 Å². The standard InChI is InChI=1S/C25H19ClF3N3O3/c1-15-9-10-20-18(11-15)23(34)32(21-8-3-2-7-19(21)26)24(35)31(20)14-22(33)30-13-16-5-4-6-17(12-16)25(27,28)29/h2-12H,13-14H2,1H3,(H,30,33). The lowest BCUT2D eigenvalue weighted by Gasteiger charge is -2.15. The lowest BCUT2D eigenvalue weighted by molar-refractivity contribution is -0.137. The molecule has 4 aromatic rings. The SMILES string of the molecule is Cc1ccc2c(c1)c(=O)n(-c1ccccc1Cl)c(=O)n2CC(=O)NCc1cccc(C(F)(F)F)c1. The van der Waals surface area contributed by atoms with E-state index >= 15 is 0 Å². The van der Waals surface area contributed by atoms with Crippen molar-refractivity contribution in [2.45, 2.75) is 26.2 Å². The van der Waals surface area contributed by atoms with E-state index in [2.05, 4.69) is 5.32 Å². The van der Waals surface area contributed by atoms with Gasteiger partial charge >= 0.3 is 11.9 Å². The smallest absolute Gasteiger partial charge is 0.350 e. The Balaban J connectivity index is 1.71. The number of aromatic nitrogens is 2. The summed E-state index contributed by atoms with van der Waals surface area (Å²) in [6, 6.07) is 15.8. The molecule has 0 spiro atoms. The van der Waals surface area contributed by atoms with Crippen molar-refractivity contribution in [3.63, 3.8) is 0 Å². The summed E-state index contributed by atoms with van der Waals surface area (Å²) in [7, 11) is 0. The molecule has 10 heteroatoms. The van der Waals surface area contributed by atoms with Crippen molar-refractivity contribution >= 4 is 28.4 Å². The predicted molar refractivity (Wildman–Crippen MR) is 127 cm³/mol. The fourth-order valence-corrected chi connectivity index (χ4v) is 3.96. The molecule has 6 nitrogen and oxygen atoms in total. The van der Waals surface area contributed by atoms with Gasteiger partial charge in [-0.2, -0.15) is 13.2 Å². The van der Waals surface area contributed by atoms with Crippen LogP contribution in [0.15, 0.2) is 76.3 Å². The average molecular weight is 502 g/mol. The lowest BCUT2D eigenvalue weighted by Crippen LogP contribution is -2.41. The van der Waals surface area contributed by atoms with Crippen LogP contribution in [0.2, 0.25) is 5.02 Å². The number of benzene rings is 3. The number of aryl methyl sites for hydroxylation is 1. The van der Waals surface area contributed by atoms with E-state index < -0.39 is 35.4 Å². The van der Waals surface area contributed by atoms with Gasteiger partial charge in [0.15, 0.2) is 0 Å². The van der Waals surface area contributed by atoms with Gasteiger partial charge in [0.1, 0.15) is 6.54 Å². The zero-order chi connectivity index (χ0) is 25.3. The van der Waals surface area contributed by atoms with E-state index in [0.29, 0.717) is 0 Å². The van der Waals surface area contributed by atoms with Crippen LogP contribution in [0.3, 0.4) is 0 Å². The van der Waals surface area contributed by atoms with Crippen molar-refractivity contribution in [2.24, 2.45) is 0 Å². The highest BCUT2D eigenvalue weighted by atomic mass is 35.5. The van der Waals surface area contributed by atoms with Gasteiger partial charge in [0.05, 0.1) is 27.2 Å². The molecule has 0 fully saturated rings. The highest BCUT2D eigenvalue weighted by Crippen LogP contribution is 2.29. The summed E-state index contributed by atoms with van der Waals surface area (Å²) in [6.07, 6.45) is -4.50. The van der Waals surface area contributed by atoms with Gasteiger partial charge in [0, 0.05) is 6.54 Å². The Morgan fingerprint density at radius 1 is 1.00 bits per heavy atom. The minimum atomic E-state index is -4.50. The number of para-hydroxylation sites is 1. The number of halogens is 4. The van der Waals surface area contributed by atoms with Gasteiger partial charge in [0.2, 0.25) is 5.91 Å². The van der Waals surface area contributed by atoms with Crippen LogP contribution in [0.4, 0.5) is 13.2 Å². The van der Waals surface area contributed by atoms with Crippen molar-refractivity contribution in [3.8, 4) is 5.69 Å². The fraction of sp³-hybridized carbons (Fsp3) is 0.160. The first kappa shape index (κ1) is 24.3. The van der Waals surface area contributed by atoms with Crippen LogP contribution in [-0.4, -0.2) is 15.0 Å². The Labute approximate surface area is 202 Å². The molecule has 0 aliphatic heterocycles. The third kappa shape index (κ3) is 5.00. The molecule has 1 aromatic heterocycles. The number of fused-ring (bicyclic) bond motifs is 1. The summed E-state index contributed by atoms with van der Waals surface area (Å²) in [4.78, 5) is 39.3. The van der Waals surface area contributed by atoms with E-state index in [4.69, 9.17) is 11.6 Å². The molecule has 0 radical (unpaired) electrons. The second-order valence-corrected chi connectivity index (χ2v) is 8.36. The Morgan fingerprint density at radius 2 is 1.74 bits per heavy atom. The number of alkyl halides is 3. The molecule has 3 aromatic carbocycles. The van der Waals surface area contributed by atoms with Crippen LogP contribution in [-0.2, 0) is 24.1 Å². The van der Waals surface area contributed by atoms with Crippen LogP contribution < -0.4 is 16.6 Å². The van der Waals surface area contributed by atoms with E-state index in [1.165, 1.54) is 24.3 Å². The van der Waals surface area contributed by atoms with Crippen molar-refractivity contribution in [1.82, 2.24) is 14.5 Å². The first-order chi connectivity index (χ1) is 16.6. The van der Waals surface area contributed by atoms with Crippen LogP contribution in [0.1, 0.15) is 16.7 Å². The second-order valence-electron chi connectivity index (χ2n) is 7.96. The first-order valence-electron chi connectivity index (χ1n) is 10.5. The predicted octanol–water partition coefficient (Wildman–Crippen LogP) is 4.45. The number of nitrogens with zero attached hydrogens (tertiary/aromatic N) is 2. The summed E-state index contributed by atoms with van der Waals surface area (Å²) in [6.45, 7) is 1.16. The molecule has 4 rings (SSSR count). The maximum atomic E-state index is 13.4. The highest BCUT2D eigenvalue weighted by Gasteiger charge is 2.30. The van der Waals surface area contributed by atoms with Gasteiger partial charge < -0.3 is 5.32 Å². The molecule has 0 aliphatic carbocycles. The van der Waals surface area contributed by atoms with E-state index in [9.17, 15) is 27.6 Å². The van der Waals surface area contributed by atoms with Crippen LogP contribution >= 0.6 is 11.6 Å². The maximum absolute atomic E-state index is 13.4. The van der Waals surface area contributed by atoms with E-state index in [0.717, 1.165) is 26.8 Å². The molecular weight excluding hydrogens is 483 g/mol. The topological polar surface area (TPSA) is 73.1 Å². The fourth-order valence-electron chi connectivity index (χ4n) is 3.74. The third-order valence-electron chi connectivity index (χ3n) is 5.44. The monoisotopic (exact) mass is 501 g/mol. The van der Waals surface area contributed by atoms with Gasteiger partial charge in [0.25, 0.3) is 5.56 Å². The van der Waals surface area contributed by atoms with Crippen LogP contribution in [0, 0.1) is 6.92 Å². The first-order valence-corrected chi connectivity index (χ1v) is 10.9. The normalized spacial score (nSPS) is 11.6. The number of hydrogen-bond acceptors (Lipinski definition) is 3. The summed E-state index contributed by atoms with van der Waals surface area (Å²) in [5.74, 6) is -0.615. The molecule has 1 amide bonds. The largest absolute Gasteiger partial charge is 0.416 e.